The molecule has 2 unspecified atom stereocenters. The Labute approximate surface area is 112 Å². The predicted molar refractivity (Wildman–Crippen MR) is 69.9 cm³/mol. The number of nitrogens with zero attached hydrogens (tertiary/aromatic N) is 1. The van der Waals surface area contributed by atoms with Crippen molar-refractivity contribution in [2.45, 2.75) is 37.6 Å². The average molecular weight is 259 g/mol. The number of hydrogen-bond acceptors (Lipinski definition) is 2. The lowest BCUT2D eigenvalue weighted by Gasteiger charge is -2.25. The maximum atomic E-state index is 12.6. The molecule has 1 heterocycles. The number of carboxylic acids is 1. The van der Waals surface area contributed by atoms with Crippen molar-refractivity contribution in [2.24, 2.45) is 0 Å². The Morgan fingerprint density at radius 3 is 2.79 bits per heavy atom. The van der Waals surface area contributed by atoms with Crippen molar-refractivity contribution >= 4 is 11.9 Å². The molecule has 2 atom stereocenters. The number of likely N-dealkylation sites (tertiary alicyclic amines) is 1. The van der Waals surface area contributed by atoms with Gasteiger partial charge in [-0.25, -0.2) is 4.79 Å². The molecule has 4 nitrogen and oxygen atoms in total. The van der Waals surface area contributed by atoms with Gasteiger partial charge in [0.2, 0.25) is 5.91 Å². The van der Waals surface area contributed by atoms with E-state index in [-0.39, 0.29) is 11.8 Å². The Kier molecular flexibility index (Phi) is 3.01. The van der Waals surface area contributed by atoms with Gasteiger partial charge >= 0.3 is 5.97 Å². The van der Waals surface area contributed by atoms with E-state index in [1.165, 1.54) is 5.56 Å². The fraction of sp³-hybridized carbons (Fsp3) is 0.467. The van der Waals surface area contributed by atoms with Crippen molar-refractivity contribution in [1.82, 2.24) is 4.90 Å². The van der Waals surface area contributed by atoms with Gasteiger partial charge in [-0.3, -0.25) is 4.79 Å². The molecule has 1 aromatic carbocycles. The van der Waals surface area contributed by atoms with E-state index in [9.17, 15) is 14.7 Å². The van der Waals surface area contributed by atoms with Gasteiger partial charge in [0.15, 0.2) is 0 Å². The van der Waals surface area contributed by atoms with Crippen LogP contribution in [-0.4, -0.2) is 34.5 Å². The lowest BCUT2D eigenvalue weighted by atomic mass is 9.99. The summed E-state index contributed by atoms with van der Waals surface area (Å²) in [5.41, 5.74) is 2.32. The zero-order valence-corrected chi connectivity index (χ0v) is 10.7. The Morgan fingerprint density at radius 2 is 2.00 bits per heavy atom. The minimum atomic E-state index is -0.878. The van der Waals surface area contributed by atoms with Gasteiger partial charge in [-0.15, -0.1) is 0 Å². The number of aryl methyl sites for hydroxylation is 1. The molecule has 0 aromatic heterocycles. The third-order valence-electron chi connectivity index (χ3n) is 4.25. The van der Waals surface area contributed by atoms with Gasteiger partial charge in [-0.2, -0.15) is 0 Å². The number of aliphatic carboxylic acids is 1. The number of amides is 1. The fourth-order valence-electron chi connectivity index (χ4n) is 3.30. The predicted octanol–water partition coefficient (Wildman–Crippen LogP) is 1.79. The molecule has 4 heteroatoms. The van der Waals surface area contributed by atoms with Crippen molar-refractivity contribution in [1.29, 1.82) is 0 Å². The summed E-state index contributed by atoms with van der Waals surface area (Å²) in [6, 6.07) is 7.36. The Balaban J connectivity index is 1.84. The summed E-state index contributed by atoms with van der Waals surface area (Å²) >= 11 is 0. The summed E-state index contributed by atoms with van der Waals surface area (Å²) in [4.78, 5) is 25.3. The molecule has 0 bridgehead atoms. The summed E-state index contributed by atoms with van der Waals surface area (Å²) in [6.07, 6.45) is 3.09. The number of carbonyl (C=O) groups excluding carboxylic acids is 1. The van der Waals surface area contributed by atoms with E-state index in [0.29, 0.717) is 13.0 Å². The maximum absolute atomic E-state index is 12.6. The topological polar surface area (TPSA) is 57.6 Å². The third kappa shape index (κ3) is 2.01. The van der Waals surface area contributed by atoms with Crippen LogP contribution in [0.4, 0.5) is 0 Å². The van der Waals surface area contributed by atoms with Crippen LogP contribution in [0.3, 0.4) is 0 Å². The molecule has 1 saturated heterocycles. The van der Waals surface area contributed by atoms with Crippen LogP contribution < -0.4 is 0 Å². The second kappa shape index (κ2) is 4.68. The molecule has 0 saturated carbocycles. The number of fused-ring (bicyclic) bond motifs is 1. The summed E-state index contributed by atoms with van der Waals surface area (Å²) < 4.78 is 0. The maximum Gasteiger partial charge on any atom is 0.326 e. The lowest BCUT2D eigenvalue weighted by Crippen LogP contribution is -2.42. The molecule has 1 aliphatic heterocycles. The van der Waals surface area contributed by atoms with E-state index in [1.807, 2.05) is 18.2 Å². The molecule has 0 radical (unpaired) electrons. The lowest BCUT2D eigenvalue weighted by molar-refractivity contribution is -0.148. The van der Waals surface area contributed by atoms with Crippen LogP contribution in [0.15, 0.2) is 24.3 Å². The molecule has 1 fully saturated rings. The van der Waals surface area contributed by atoms with Crippen LogP contribution in [0.25, 0.3) is 0 Å². The largest absolute Gasteiger partial charge is 0.480 e. The Hall–Kier alpha value is -1.84. The van der Waals surface area contributed by atoms with E-state index in [2.05, 4.69) is 6.07 Å². The molecule has 1 N–H and O–H groups in total. The molecule has 1 aliphatic carbocycles. The molecular formula is C15H17NO3. The van der Waals surface area contributed by atoms with Gasteiger partial charge in [0, 0.05) is 6.54 Å². The molecule has 1 amide bonds. The van der Waals surface area contributed by atoms with Crippen LogP contribution in [-0.2, 0) is 16.0 Å². The highest BCUT2D eigenvalue weighted by atomic mass is 16.4. The molecule has 0 spiro atoms. The van der Waals surface area contributed by atoms with Crippen LogP contribution in [0.1, 0.15) is 36.3 Å². The normalized spacial score (nSPS) is 25.4. The second-order valence-corrected chi connectivity index (χ2v) is 5.32. The quantitative estimate of drug-likeness (QED) is 0.881. The molecular weight excluding hydrogens is 242 g/mol. The first-order chi connectivity index (χ1) is 9.18. The second-order valence-electron chi connectivity index (χ2n) is 5.32. The minimum absolute atomic E-state index is 0.00477. The molecule has 19 heavy (non-hydrogen) atoms. The third-order valence-corrected chi connectivity index (χ3v) is 4.25. The Morgan fingerprint density at radius 1 is 1.21 bits per heavy atom. The van der Waals surface area contributed by atoms with Crippen molar-refractivity contribution in [3.05, 3.63) is 35.4 Å². The summed E-state index contributed by atoms with van der Waals surface area (Å²) in [5, 5.41) is 9.18. The highest BCUT2D eigenvalue weighted by Gasteiger charge is 2.39. The number of carbonyl (C=O) groups is 2. The van der Waals surface area contributed by atoms with Crippen LogP contribution >= 0.6 is 0 Å². The van der Waals surface area contributed by atoms with E-state index in [4.69, 9.17) is 0 Å². The van der Waals surface area contributed by atoms with Gasteiger partial charge < -0.3 is 10.0 Å². The molecule has 2 aliphatic rings. The number of benzene rings is 1. The van der Waals surface area contributed by atoms with Crippen molar-refractivity contribution < 1.29 is 14.7 Å². The monoisotopic (exact) mass is 259 g/mol. The number of rotatable bonds is 2. The van der Waals surface area contributed by atoms with Crippen LogP contribution in [0.2, 0.25) is 0 Å². The fourth-order valence-corrected chi connectivity index (χ4v) is 3.30. The summed E-state index contributed by atoms with van der Waals surface area (Å²) in [6.45, 7) is 0.578. The Bertz CT molecular complexity index is 526. The van der Waals surface area contributed by atoms with Crippen molar-refractivity contribution in [3.8, 4) is 0 Å². The standard InChI is InChI=1S/C15H17NO3/c17-14(16-9-3-6-13(16)15(18)19)12-8-7-10-4-1-2-5-11(10)12/h1-2,4-5,12-13H,3,6-9H2,(H,18,19). The smallest absolute Gasteiger partial charge is 0.326 e. The van der Waals surface area contributed by atoms with Gasteiger partial charge in [0.05, 0.1) is 5.92 Å². The molecule has 3 rings (SSSR count). The minimum Gasteiger partial charge on any atom is -0.480 e. The van der Waals surface area contributed by atoms with Crippen molar-refractivity contribution in [3.63, 3.8) is 0 Å². The highest BCUT2D eigenvalue weighted by Crippen LogP contribution is 2.35. The van der Waals surface area contributed by atoms with Gasteiger partial charge in [0.25, 0.3) is 0 Å². The zero-order valence-electron chi connectivity index (χ0n) is 10.7. The van der Waals surface area contributed by atoms with Crippen LogP contribution in [0, 0.1) is 0 Å². The average Bonchev–Trinajstić information content (AvgIpc) is 3.05. The first kappa shape index (κ1) is 12.2. The van der Waals surface area contributed by atoms with Crippen LogP contribution in [0.5, 0.6) is 0 Å². The first-order valence-corrected chi connectivity index (χ1v) is 6.79. The van der Waals surface area contributed by atoms with Gasteiger partial charge in [-0.05, 0) is 36.8 Å². The van der Waals surface area contributed by atoms with E-state index in [1.54, 1.807) is 4.90 Å². The van der Waals surface area contributed by atoms with E-state index >= 15 is 0 Å². The SMILES string of the molecule is O=C(O)C1CCCN1C(=O)C1CCc2ccccc21. The van der Waals surface area contributed by atoms with Gasteiger partial charge in [-0.1, -0.05) is 24.3 Å². The molecule has 1 aromatic rings. The number of carboxylic acid groups (broad SMARTS) is 1. The number of hydrogen-bond donors (Lipinski definition) is 1. The zero-order chi connectivity index (χ0) is 13.4. The molecule has 100 valence electrons. The summed E-state index contributed by atoms with van der Waals surface area (Å²) in [5.74, 6) is -1.02. The van der Waals surface area contributed by atoms with E-state index in [0.717, 1.165) is 24.8 Å². The van der Waals surface area contributed by atoms with E-state index < -0.39 is 12.0 Å². The van der Waals surface area contributed by atoms with Gasteiger partial charge in [0.1, 0.15) is 6.04 Å². The first-order valence-electron chi connectivity index (χ1n) is 6.79. The highest BCUT2D eigenvalue weighted by molar-refractivity contribution is 5.89. The summed E-state index contributed by atoms with van der Waals surface area (Å²) in [7, 11) is 0. The van der Waals surface area contributed by atoms with Crippen molar-refractivity contribution in [2.75, 3.05) is 6.54 Å².